The van der Waals surface area contributed by atoms with Crippen LogP contribution in [-0.2, 0) is 29.1 Å². The second-order valence-electron chi connectivity index (χ2n) is 13.3. The van der Waals surface area contributed by atoms with Crippen LogP contribution in [0, 0.1) is 34.1 Å². The maximum atomic E-state index is 13.3. The molecule has 4 aliphatic rings. The molecule has 0 spiro atoms. The lowest BCUT2D eigenvalue weighted by atomic mass is 9.83. The lowest BCUT2D eigenvalue weighted by molar-refractivity contribution is -0.118. The molecule has 6 rings (SSSR count). The number of allylic oxidation sites excluding steroid dienone is 2. The smallest absolute Gasteiger partial charge is 0.376 e. The van der Waals surface area contributed by atoms with Crippen molar-refractivity contribution in [3.63, 3.8) is 0 Å². The highest BCUT2D eigenvalue weighted by Crippen LogP contribution is 2.28. The number of benzene rings is 2. The standard InChI is InChI=1S/C18H22F2N4O4S.C16H19BF2N4O3/c1-11(2)29(26,27)23-3-4-24-15(9-23)10-28-17(16(24)8-21)18(25)22-14-6-12(19)5-13(20)7-14;1-17(25)22-2-3-23-13(8-22)9-26-15(14(23)7-20)16(24)21-12-5-10(18)4-11(19)6-12/h5-8,11,15,21H,3-4,9-10H2,1-2H3,(H,22,25);4-7,13,20,25H,2-3,8-9H2,1H3,(H,21,24). The van der Waals surface area contributed by atoms with E-state index in [2.05, 4.69) is 10.6 Å². The molecule has 2 atom stereocenters. The Morgan fingerprint density at radius 1 is 0.782 bits per heavy atom. The fourth-order valence-electron chi connectivity index (χ4n) is 6.55. The van der Waals surface area contributed by atoms with Crippen LogP contribution < -0.4 is 10.6 Å². The number of halogens is 4. The minimum absolute atomic E-state index is 0.0334. The van der Waals surface area contributed by atoms with E-state index in [1.807, 2.05) is 9.71 Å². The van der Waals surface area contributed by atoms with Gasteiger partial charge in [-0.3, -0.25) is 9.59 Å². The van der Waals surface area contributed by atoms with Crippen LogP contribution in [0.3, 0.4) is 0 Å². The molecule has 4 aliphatic heterocycles. The van der Waals surface area contributed by atoms with Crippen molar-refractivity contribution in [3.05, 3.63) is 82.6 Å². The second kappa shape index (κ2) is 17.2. The van der Waals surface area contributed by atoms with Crippen molar-refractivity contribution in [2.24, 2.45) is 0 Å². The van der Waals surface area contributed by atoms with Crippen LogP contribution in [0.4, 0.5) is 28.9 Å². The number of nitrogens with one attached hydrogen (secondary N) is 4. The molecular weight excluding hydrogens is 751 g/mol. The summed E-state index contributed by atoms with van der Waals surface area (Å²) in [5, 5.41) is 29.3. The Hall–Kier alpha value is -4.99. The molecule has 296 valence electrons. The number of piperazine rings is 2. The highest BCUT2D eigenvalue weighted by Gasteiger charge is 2.40. The van der Waals surface area contributed by atoms with Crippen molar-refractivity contribution in [1.29, 1.82) is 10.8 Å². The Balaban J connectivity index is 0.000000212. The van der Waals surface area contributed by atoms with Gasteiger partial charge in [-0.05, 0) is 44.9 Å². The zero-order valence-electron chi connectivity index (χ0n) is 30.2. The lowest BCUT2D eigenvalue weighted by Gasteiger charge is -2.45. The van der Waals surface area contributed by atoms with E-state index in [4.69, 9.17) is 20.3 Å². The largest absolute Gasteiger partial charge is 0.484 e. The molecule has 0 saturated carbocycles. The number of ether oxygens (including phenoxy) is 2. The second-order valence-corrected chi connectivity index (χ2v) is 15.8. The SMILES string of the molecule is CB(O)N1CCN2C(C=N)=C(C(=O)Nc3cc(F)cc(F)c3)OCC2C1.CC(C)S(=O)(=O)N1CCN2C(C=N)=C(C(=O)Nc3cc(F)cc(F)c3)OCC2C1. The molecule has 15 nitrogen and oxygen atoms in total. The number of sulfonamides is 1. The first-order chi connectivity index (χ1) is 26.0. The average Bonchev–Trinajstić information content (AvgIpc) is 3.12. The molecular formula is C34H41BF4N8O7S. The number of fused-ring (bicyclic) bond motifs is 2. The normalized spacial score (nSPS) is 20.3. The third kappa shape index (κ3) is 9.46. The van der Waals surface area contributed by atoms with E-state index in [1.165, 1.54) is 4.31 Å². The van der Waals surface area contributed by atoms with Gasteiger partial charge in [0, 0.05) is 75.2 Å². The van der Waals surface area contributed by atoms with E-state index >= 15 is 0 Å². The van der Waals surface area contributed by atoms with Gasteiger partial charge in [-0.1, -0.05) is 0 Å². The van der Waals surface area contributed by atoms with Crippen LogP contribution in [0.25, 0.3) is 0 Å². The summed E-state index contributed by atoms with van der Waals surface area (Å²) in [6, 6.07) is 4.87. The van der Waals surface area contributed by atoms with Gasteiger partial charge in [-0.25, -0.2) is 26.0 Å². The summed E-state index contributed by atoms with van der Waals surface area (Å²) in [7, 11) is -4.01. The minimum Gasteiger partial charge on any atom is -0.484 e. The molecule has 0 radical (unpaired) electrons. The number of nitrogens with zero attached hydrogens (tertiary/aromatic N) is 4. The summed E-state index contributed by atoms with van der Waals surface area (Å²) >= 11 is 0. The van der Waals surface area contributed by atoms with Crippen LogP contribution >= 0.6 is 0 Å². The number of anilines is 2. The van der Waals surface area contributed by atoms with Crippen LogP contribution in [-0.4, -0.2) is 133 Å². The third-order valence-electron chi connectivity index (χ3n) is 9.29. The average molecular weight is 793 g/mol. The van der Waals surface area contributed by atoms with Gasteiger partial charge < -0.3 is 50.6 Å². The quantitative estimate of drug-likeness (QED) is 0.143. The number of hydrogen-bond donors (Lipinski definition) is 5. The van der Waals surface area contributed by atoms with Crippen molar-refractivity contribution < 1.29 is 50.1 Å². The summed E-state index contributed by atoms with van der Waals surface area (Å²) in [5.74, 6) is -4.93. The Morgan fingerprint density at radius 3 is 1.60 bits per heavy atom. The van der Waals surface area contributed by atoms with Gasteiger partial charge in [-0.2, -0.15) is 4.31 Å². The van der Waals surface area contributed by atoms with Gasteiger partial charge in [0.1, 0.15) is 47.9 Å². The van der Waals surface area contributed by atoms with Crippen molar-refractivity contribution >= 4 is 52.7 Å². The zero-order chi connectivity index (χ0) is 40.2. The summed E-state index contributed by atoms with van der Waals surface area (Å²) in [6.45, 7) is 7.49. The third-order valence-corrected chi connectivity index (χ3v) is 11.5. The first kappa shape index (κ1) is 41.2. The van der Waals surface area contributed by atoms with Gasteiger partial charge in [0.15, 0.2) is 0 Å². The van der Waals surface area contributed by atoms with E-state index in [-0.39, 0.29) is 73.5 Å². The molecule has 0 aromatic heterocycles. The predicted octanol–water partition coefficient (Wildman–Crippen LogP) is 2.41. The Bertz CT molecular complexity index is 1960. The van der Waals surface area contributed by atoms with Gasteiger partial charge >= 0.3 is 7.05 Å². The fourth-order valence-corrected chi connectivity index (χ4v) is 7.86. The van der Waals surface area contributed by atoms with Crippen molar-refractivity contribution in [2.75, 3.05) is 63.1 Å². The van der Waals surface area contributed by atoms with Crippen LogP contribution in [0.15, 0.2) is 59.3 Å². The molecule has 55 heavy (non-hydrogen) atoms. The number of carbonyl (C=O) groups excluding carboxylic acids is 2. The highest BCUT2D eigenvalue weighted by molar-refractivity contribution is 7.89. The maximum Gasteiger partial charge on any atom is 0.376 e. The number of rotatable bonds is 9. The van der Waals surface area contributed by atoms with Gasteiger partial charge in [-0.15, -0.1) is 0 Å². The van der Waals surface area contributed by atoms with Crippen molar-refractivity contribution in [3.8, 4) is 0 Å². The van der Waals surface area contributed by atoms with E-state index in [0.29, 0.717) is 37.5 Å². The van der Waals surface area contributed by atoms with Crippen LogP contribution in [0.2, 0.25) is 6.82 Å². The van der Waals surface area contributed by atoms with Gasteiger partial charge in [0.25, 0.3) is 11.8 Å². The van der Waals surface area contributed by atoms with Crippen LogP contribution in [0.1, 0.15) is 13.8 Å². The van der Waals surface area contributed by atoms with Crippen molar-refractivity contribution in [2.45, 2.75) is 38.0 Å². The lowest BCUT2D eigenvalue weighted by Crippen LogP contribution is -2.59. The fraction of sp³-hybridized carbons (Fsp3) is 0.412. The summed E-state index contributed by atoms with van der Waals surface area (Å²) < 4.78 is 90.6. The molecule has 2 aromatic rings. The molecule has 0 bridgehead atoms. The summed E-state index contributed by atoms with van der Waals surface area (Å²) in [5.41, 5.74) is 0.384. The molecule has 5 N–H and O–H groups in total. The molecule has 21 heteroatoms. The predicted molar refractivity (Wildman–Crippen MR) is 196 cm³/mol. The highest BCUT2D eigenvalue weighted by atomic mass is 32.2. The maximum absolute atomic E-state index is 13.3. The number of carbonyl (C=O) groups is 2. The molecule has 2 aromatic carbocycles. The Labute approximate surface area is 315 Å². The molecule has 2 saturated heterocycles. The van der Waals surface area contributed by atoms with E-state index < -0.39 is 57.4 Å². The Kier molecular flexibility index (Phi) is 12.9. The van der Waals surface area contributed by atoms with E-state index in [1.54, 1.807) is 25.6 Å². The number of hydrogen-bond acceptors (Lipinski definition) is 12. The van der Waals surface area contributed by atoms with E-state index in [0.717, 1.165) is 36.7 Å². The first-order valence-corrected chi connectivity index (χ1v) is 18.8. The van der Waals surface area contributed by atoms with Crippen molar-refractivity contribution in [1.82, 2.24) is 18.9 Å². The topological polar surface area (TPSA) is 192 Å². The summed E-state index contributed by atoms with van der Waals surface area (Å²) in [6.07, 6.45) is 1.99. The zero-order valence-corrected chi connectivity index (χ0v) is 31.0. The molecule has 4 heterocycles. The number of amides is 2. The summed E-state index contributed by atoms with van der Waals surface area (Å²) in [4.78, 5) is 30.6. The molecule has 2 unspecified atom stereocenters. The molecule has 2 fully saturated rings. The first-order valence-electron chi connectivity index (χ1n) is 17.3. The van der Waals surface area contributed by atoms with E-state index in [9.17, 15) is 40.6 Å². The minimum atomic E-state index is -3.43. The molecule has 2 amide bonds. The van der Waals surface area contributed by atoms with Gasteiger partial charge in [0.2, 0.25) is 21.5 Å². The van der Waals surface area contributed by atoms with Gasteiger partial charge in [0.05, 0.1) is 17.3 Å². The monoisotopic (exact) mass is 792 g/mol. The molecule has 0 aliphatic carbocycles. The van der Waals surface area contributed by atoms with Crippen LogP contribution in [0.5, 0.6) is 0 Å². The Morgan fingerprint density at radius 2 is 1.20 bits per heavy atom.